The first kappa shape index (κ1) is 20.6. The molecule has 4 N–H and O–H groups in total. The summed E-state index contributed by atoms with van der Waals surface area (Å²) in [6.45, 7) is 4.52. The number of aryl methyl sites for hydroxylation is 1. The molecule has 4 heterocycles. The van der Waals surface area contributed by atoms with Crippen LogP contribution < -0.4 is 11.1 Å². The monoisotopic (exact) mass is 422 g/mol. The van der Waals surface area contributed by atoms with Gasteiger partial charge in [0.2, 0.25) is 0 Å². The quantitative estimate of drug-likeness (QED) is 0.551. The van der Waals surface area contributed by atoms with E-state index in [1.165, 1.54) is 6.20 Å². The van der Waals surface area contributed by atoms with E-state index in [2.05, 4.69) is 32.5 Å². The Hall–Kier alpha value is -3.69. The lowest BCUT2D eigenvalue weighted by Gasteiger charge is -2.37. The Kier molecular flexibility index (Phi) is 5.70. The minimum absolute atomic E-state index is 0.273. The maximum Gasteiger partial charge on any atom is 0.313 e. The topological polar surface area (TPSA) is 135 Å². The molecular formula is C21H26N8O2. The number of rotatable bonds is 4. The molecule has 2 atom stereocenters. The molecule has 10 heteroatoms. The van der Waals surface area contributed by atoms with Crippen molar-refractivity contribution in [1.29, 1.82) is 0 Å². The van der Waals surface area contributed by atoms with Gasteiger partial charge in [-0.15, -0.1) is 0 Å². The van der Waals surface area contributed by atoms with Gasteiger partial charge in [-0.2, -0.15) is 10.2 Å². The Balaban J connectivity index is 1.53. The summed E-state index contributed by atoms with van der Waals surface area (Å²) in [5.41, 5.74) is 7.83. The molecule has 0 aliphatic carbocycles. The van der Waals surface area contributed by atoms with Crippen LogP contribution in [0.5, 0.6) is 0 Å². The Morgan fingerprint density at radius 1 is 1.32 bits per heavy atom. The molecule has 4 rings (SSSR count). The molecule has 1 aliphatic rings. The van der Waals surface area contributed by atoms with E-state index in [-0.39, 0.29) is 6.04 Å². The lowest BCUT2D eigenvalue weighted by atomic mass is 9.92. The van der Waals surface area contributed by atoms with E-state index in [0.717, 1.165) is 24.1 Å². The predicted octanol–water partition coefficient (Wildman–Crippen LogP) is 2.07. The van der Waals surface area contributed by atoms with Crippen LogP contribution in [-0.4, -0.2) is 48.2 Å². The second-order valence-electron chi connectivity index (χ2n) is 7.85. The van der Waals surface area contributed by atoms with Crippen LogP contribution in [-0.2, 0) is 16.0 Å². The molecule has 162 valence electrons. The maximum absolute atomic E-state index is 13.1. The molecule has 1 aliphatic heterocycles. The highest BCUT2D eigenvalue weighted by atomic mass is 16.2. The van der Waals surface area contributed by atoms with E-state index in [9.17, 15) is 9.59 Å². The van der Waals surface area contributed by atoms with Gasteiger partial charge in [0.1, 0.15) is 5.82 Å². The summed E-state index contributed by atoms with van der Waals surface area (Å²) in [7, 11) is 0. The van der Waals surface area contributed by atoms with Gasteiger partial charge in [-0.1, -0.05) is 13.8 Å². The molecule has 0 aromatic carbocycles. The van der Waals surface area contributed by atoms with Crippen LogP contribution in [0, 0.1) is 5.92 Å². The number of carbonyl (C=O) groups is 2. The molecule has 1 fully saturated rings. The number of H-pyrrole nitrogens is 1. The molecule has 3 aromatic heterocycles. The Morgan fingerprint density at radius 2 is 2.16 bits per heavy atom. The van der Waals surface area contributed by atoms with Crippen molar-refractivity contribution in [3.8, 4) is 5.82 Å². The molecule has 10 nitrogen and oxygen atoms in total. The first-order valence-corrected chi connectivity index (χ1v) is 10.4. The fraction of sp³-hybridized carbons (Fsp3) is 0.381. The number of anilines is 2. The van der Waals surface area contributed by atoms with E-state index in [1.54, 1.807) is 34.1 Å². The van der Waals surface area contributed by atoms with Crippen molar-refractivity contribution < 1.29 is 9.59 Å². The summed E-state index contributed by atoms with van der Waals surface area (Å²) in [5, 5.41) is 14.1. The van der Waals surface area contributed by atoms with Gasteiger partial charge in [0.05, 0.1) is 23.6 Å². The first-order valence-electron chi connectivity index (χ1n) is 10.4. The van der Waals surface area contributed by atoms with Crippen molar-refractivity contribution in [2.75, 3.05) is 17.6 Å². The SMILES string of the molecule is CCc1cc(NC(=O)C(=O)N2C[C@@H](C)CC[C@@H]2c2ccn(-c3cc[nH]n3)n2)cnc1N. The van der Waals surface area contributed by atoms with Gasteiger partial charge in [-0.05, 0) is 42.9 Å². The van der Waals surface area contributed by atoms with E-state index >= 15 is 0 Å². The third-order valence-electron chi connectivity index (χ3n) is 5.58. The van der Waals surface area contributed by atoms with Crippen LogP contribution in [0.3, 0.4) is 0 Å². The fourth-order valence-corrected chi connectivity index (χ4v) is 3.90. The molecule has 0 saturated carbocycles. The number of hydrogen-bond donors (Lipinski definition) is 3. The van der Waals surface area contributed by atoms with Crippen molar-refractivity contribution in [3.05, 3.63) is 48.0 Å². The number of nitrogens with one attached hydrogen (secondary N) is 2. The molecule has 0 radical (unpaired) electrons. The van der Waals surface area contributed by atoms with Crippen molar-refractivity contribution in [1.82, 2.24) is 29.9 Å². The Bertz CT molecular complexity index is 1080. The summed E-state index contributed by atoms with van der Waals surface area (Å²) in [6.07, 6.45) is 7.35. The zero-order valence-corrected chi connectivity index (χ0v) is 17.6. The van der Waals surface area contributed by atoms with Gasteiger partial charge in [-0.3, -0.25) is 14.7 Å². The summed E-state index contributed by atoms with van der Waals surface area (Å²) in [5.74, 6) is 0.101. The zero-order chi connectivity index (χ0) is 22.0. The number of nitrogens with two attached hydrogens (primary N) is 1. The van der Waals surface area contributed by atoms with E-state index < -0.39 is 11.8 Å². The van der Waals surface area contributed by atoms with Crippen molar-refractivity contribution in [2.24, 2.45) is 5.92 Å². The van der Waals surface area contributed by atoms with Crippen molar-refractivity contribution in [3.63, 3.8) is 0 Å². The fourth-order valence-electron chi connectivity index (χ4n) is 3.90. The standard InChI is InChI=1S/C21H26N8O2/c1-3-14-10-15(11-23-19(14)22)25-20(30)21(31)28-12-13(2)4-5-17(28)16-7-9-29(27-16)18-6-8-24-26-18/h6-11,13,17H,3-5,12H2,1-2H3,(H2,22,23)(H,24,26)(H,25,30)/t13-,17+/m0/s1. The second-order valence-corrected chi connectivity index (χ2v) is 7.85. The summed E-state index contributed by atoms with van der Waals surface area (Å²) in [6, 6.07) is 5.15. The van der Waals surface area contributed by atoms with E-state index in [0.29, 0.717) is 36.2 Å². The van der Waals surface area contributed by atoms with Crippen LogP contribution >= 0.6 is 0 Å². The number of pyridine rings is 1. The molecule has 0 spiro atoms. The lowest BCUT2D eigenvalue weighted by molar-refractivity contribution is -0.146. The highest BCUT2D eigenvalue weighted by Gasteiger charge is 2.35. The minimum Gasteiger partial charge on any atom is -0.383 e. The number of amides is 2. The number of aromatic nitrogens is 5. The van der Waals surface area contributed by atoms with Gasteiger partial charge in [0.25, 0.3) is 0 Å². The van der Waals surface area contributed by atoms with Crippen molar-refractivity contribution >= 4 is 23.3 Å². The van der Waals surface area contributed by atoms with Gasteiger partial charge in [-0.25, -0.2) is 9.67 Å². The van der Waals surface area contributed by atoms with E-state index in [1.807, 2.05) is 13.0 Å². The average molecular weight is 422 g/mol. The third kappa shape index (κ3) is 4.27. The van der Waals surface area contributed by atoms with Gasteiger partial charge in [0, 0.05) is 25.0 Å². The van der Waals surface area contributed by atoms with Crippen LogP contribution in [0.15, 0.2) is 36.8 Å². The number of hydrogen-bond acceptors (Lipinski definition) is 6. The molecule has 1 saturated heterocycles. The van der Waals surface area contributed by atoms with Gasteiger partial charge < -0.3 is 16.0 Å². The number of aromatic amines is 1. The maximum atomic E-state index is 13.1. The van der Waals surface area contributed by atoms with Crippen LogP contribution in [0.1, 0.15) is 44.0 Å². The molecule has 2 amide bonds. The van der Waals surface area contributed by atoms with Crippen LogP contribution in [0.4, 0.5) is 11.5 Å². The largest absolute Gasteiger partial charge is 0.383 e. The highest BCUT2D eigenvalue weighted by molar-refractivity contribution is 6.39. The lowest BCUT2D eigenvalue weighted by Crippen LogP contribution is -2.46. The highest BCUT2D eigenvalue weighted by Crippen LogP contribution is 2.33. The average Bonchev–Trinajstić information content (AvgIpc) is 3.46. The number of piperidine rings is 1. The third-order valence-corrected chi connectivity index (χ3v) is 5.58. The molecule has 0 unspecified atom stereocenters. The van der Waals surface area contributed by atoms with Crippen molar-refractivity contribution in [2.45, 2.75) is 39.2 Å². The summed E-state index contributed by atoms with van der Waals surface area (Å²) in [4.78, 5) is 31.6. The van der Waals surface area contributed by atoms with Gasteiger partial charge >= 0.3 is 11.8 Å². The Morgan fingerprint density at radius 3 is 2.90 bits per heavy atom. The zero-order valence-electron chi connectivity index (χ0n) is 17.6. The molecule has 31 heavy (non-hydrogen) atoms. The number of likely N-dealkylation sites (tertiary alicyclic amines) is 1. The molecule has 0 bridgehead atoms. The molecule has 3 aromatic rings. The van der Waals surface area contributed by atoms with Crippen LogP contribution in [0.2, 0.25) is 0 Å². The summed E-state index contributed by atoms with van der Waals surface area (Å²) >= 11 is 0. The minimum atomic E-state index is -0.695. The molecular weight excluding hydrogens is 396 g/mol. The number of nitrogen functional groups attached to an aromatic ring is 1. The van der Waals surface area contributed by atoms with E-state index in [4.69, 9.17) is 5.73 Å². The normalized spacial score (nSPS) is 18.7. The summed E-state index contributed by atoms with van der Waals surface area (Å²) < 4.78 is 1.65. The predicted molar refractivity (Wildman–Crippen MR) is 115 cm³/mol. The van der Waals surface area contributed by atoms with Gasteiger partial charge in [0.15, 0.2) is 5.82 Å². The second kappa shape index (κ2) is 8.58. The smallest absolute Gasteiger partial charge is 0.313 e. The van der Waals surface area contributed by atoms with Crippen LogP contribution in [0.25, 0.3) is 5.82 Å². The first-order chi connectivity index (χ1) is 15.0. The Labute approximate surface area is 179 Å². The number of nitrogens with zero attached hydrogens (tertiary/aromatic N) is 5. The number of carbonyl (C=O) groups excluding carboxylic acids is 2.